The molecule has 0 aliphatic carbocycles. The fraction of sp³-hybridized carbons (Fsp3) is 0.222. The quantitative estimate of drug-likeness (QED) is 0.765. The van der Waals surface area contributed by atoms with Crippen molar-refractivity contribution >= 4 is 5.91 Å². The van der Waals surface area contributed by atoms with Gasteiger partial charge >= 0.3 is 6.18 Å². The second-order valence-electron chi connectivity index (χ2n) is 2.89. The predicted molar refractivity (Wildman–Crippen MR) is 44.9 cm³/mol. The molecule has 2 nitrogen and oxygen atoms in total. The number of alkyl halides is 4. The molecule has 1 aromatic carbocycles. The normalized spacial score (nSPS) is 13.6. The third-order valence-electron chi connectivity index (χ3n) is 1.78. The molecule has 15 heavy (non-hydrogen) atoms. The van der Waals surface area contributed by atoms with Crippen LogP contribution < -0.4 is 5.73 Å². The summed E-state index contributed by atoms with van der Waals surface area (Å²) in [5.74, 6) is -0.774. The highest BCUT2D eigenvalue weighted by Crippen LogP contribution is 2.35. The molecule has 0 radical (unpaired) electrons. The topological polar surface area (TPSA) is 43.1 Å². The van der Waals surface area contributed by atoms with Crippen molar-refractivity contribution in [3.8, 4) is 0 Å². The van der Waals surface area contributed by atoms with Crippen molar-refractivity contribution in [2.24, 2.45) is 5.73 Å². The summed E-state index contributed by atoms with van der Waals surface area (Å²) in [7, 11) is 0. The Morgan fingerprint density at radius 1 is 1.20 bits per heavy atom. The lowest BCUT2D eigenvalue weighted by molar-refractivity contribution is -0.182. The fourth-order valence-electron chi connectivity index (χ4n) is 1.01. The van der Waals surface area contributed by atoms with E-state index < -0.39 is 23.8 Å². The smallest absolute Gasteiger partial charge is 0.366 e. The summed E-state index contributed by atoms with van der Waals surface area (Å²) >= 11 is 0. The zero-order valence-corrected chi connectivity index (χ0v) is 7.38. The van der Waals surface area contributed by atoms with Gasteiger partial charge in [-0.1, -0.05) is 12.1 Å². The zero-order chi connectivity index (χ0) is 11.6. The molecule has 0 saturated carbocycles. The summed E-state index contributed by atoms with van der Waals surface area (Å²) in [6, 6.07) is 3.88. The molecule has 1 amide bonds. The van der Waals surface area contributed by atoms with E-state index in [4.69, 9.17) is 5.73 Å². The van der Waals surface area contributed by atoms with Gasteiger partial charge in [-0.3, -0.25) is 4.79 Å². The number of amides is 1. The van der Waals surface area contributed by atoms with Gasteiger partial charge in [0.05, 0.1) is 0 Å². The van der Waals surface area contributed by atoms with E-state index in [0.29, 0.717) is 0 Å². The van der Waals surface area contributed by atoms with Crippen LogP contribution in [0.15, 0.2) is 24.3 Å². The van der Waals surface area contributed by atoms with Crippen molar-refractivity contribution < 1.29 is 22.4 Å². The first-order valence-corrected chi connectivity index (χ1v) is 3.93. The molecular weight excluding hydrogens is 214 g/mol. The highest BCUT2D eigenvalue weighted by molar-refractivity contribution is 5.92. The molecule has 0 bridgehead atoms. The Balaban J connectivity index is 2.94. The SMILES string of the molecule is NC(=O)c1ccc(C(F)C(F)(F)F)cc1. The number of rotatable bonds is 2. The Morgan fingerprint density at radius 2 is 1.67 bits per heavy atom. The second kappa shape index (κ2) is 3.88. The van der Waals surface area contributed by atoms with Gasteiger partial charge in [-0.2, -0.15) is 13.2 Å². The maximum atomic E-state index is 12.7. The van der Waals surface area contributed by atoms with Crippen molar-refractivity contribution in [2.75, 3.05) is 0 Å². The minimum Gasteiger partial charge on any atom is -0.366 e. The number of benzene rings is 1. The second-order valence-corrected chi connectivity index (χ2v) is 2.89. The number of hydrogen-bond donors (Lipinski definition) is 1. The van der Waals surface area contributed by atoms with Gasteiger partial charge in [0.2, 0.25) is 12.1 Å². The maximum absolute atomic E-state index is 12.7. The number of halogens is 4. The van der Waals surface area contributed by atoms with Crippen molar-refractivity contribution in [3.05, 3.63) is 35.4 Å². The van der Waals surface area contributed by atoms with Crippen LogP contribution in [0.1, 0.15) is 22.1 Å². The first-order valence-electron chi connectivity index (χ1n) is 3.93. The fourth-order valence-corrected chi connectivity index (χ4v) is 1.01. The van der Waals surface area contributed by atoms with Crippen molar-refractivity contribution in [3.63, 3.8) is 0 Å². The Kier molecular flexibility index (Phi) is 2.97. The average molecular weight is 221 g/mol. The molecule has 0 aromatic heterocycles. The zero-order valence-electron chi connectivity index (χ0n) is 7.38. The molecule has 1 rings (SSSR count). The standard InChI is InChI=1S/C9H7F4NO/c10-7(9(11,12)13)5-1-3-6(4-2-5)8(14)15/h1-4,7H,(H2,14,15). The van der Waals surface area contributed by atoms with Gasteiger partial charge in [-0.05, 0) is 17.7 Å². The van der Waals surface area contributed by atoms with Crippen LogP contribution in [0.25, 0.3) is 0 Å². The lowest BCUT2D eigenvalue weighted by Crippen LogP contribution is -2.17. The monoisotopic (exact) mass is 221 g/mol. The molecule has 0 aliphatic heterocycles. The highest BCUT2D eigenvalue weighted by atomic mass is 19.4. The summed E-state index contributed by atoms with van der Waals surface area (Å²) in [4.78, 5) is 10.6. The Bertz CT molecular complexity index is 357. The Morgan fingerprint density at radius 3 is 2.00 bits per heavy atom. The molecule has 0 fully saturated rings. The van der Waals surface area contributed by atoms with Crippen LogP contribution in [-0.4, -0.2) is 12.1 Å². The van der Waals surface area contributed by atoms with Crippen LogP contribution in [-0.2, 0) is 0 Å². The third-order valence-corrected chi connectivity index (χ3v) is 1.78. The van der Waals surface area contributed by atoms with E-state index in [-0.39, 0.29) is 5.56 Å². The van der Waals surface area contributed by atoms with Gasteiger partial charge in [0.15, 0.2) is 0 Å². The molecule has 0 saturated heterocycles. The van der Waals surface area contributed by atoms with Crippen LogP contribution in [0, 0.1) is 0 Å². The van der Waals surface area contributed by atoms with Crippen molar-refractivity contribution in [1.29, 1.82) is 0 Å². The Labute approximate surface area is 82.7 Å². The number of carbonyl (C=O) groups is 1. The van der Waals surface area contributed by atoms with Crippen LogP contribution >= 0.6 is 0 Å². The molecule has 0 aliphatic rings. The summed E-state index contributed by atoms with van der Waals surface area (Å²) < 4.78 is 48.5. The van der Waals surface area contributed by atoms with E-state index in [2.05, 4.69) is 0 Å². The first-order chi connectivity index (χ1) is 6.82. The minimum absolute atomic E-state index is 0.0353. The molecule has 1 atom stereocenters. The van der Waals surface area contributed by atoms with Gasteiger partial charge in [-0.15, -0.1) is 0 Å². The van der Waals surface area contributed by atoms with Crippen LogP contribution in [0.4, 0.5) is 17.6 Å². The van der Waals surface area contributed by atoms with Gasteiger partial charge in [0, 0.05) is 5.56 Å². The lowest BCUT2D eigenvalue weighted by Gasteiger charge is -2.12. The third kappa shape index (κ3) is 2.68. The number of hydrogen-bond acceptors (Lipinski definition) is 1. The molecular formula is C9H7F4NO. The molecule has 0 heterocycles. The highest BCUT2D eigenvalue weighted by Gasteiger charge is 2.41. The van der Waals surface area contributed by atoms with E-state index in [0.717, 1.165) is 24.3 Å². The van der Waals surface area contributed by atoms with Crippen molar-refractivity contribution in [1.82, 2.24) is 0 Å². The molecule has 82 valence electrons. The van der Waals surface area contributed by atoms with E-state index in [1.807, 2.05) is 0 Å². The van der Waals surface area contributed by atoms with Crippen LogP contribution in [0.3, 0.4) is 0 Å². The summed E-state index contributed by atoms with van der Waals surface area (Å²) in [6.45, 7) is 0. The Hall–Kier alpha value is -1.59. The van der Waals surface area contributed by atoms with Gasteiger partial charge in [0.1, 0.15) is 0 Å². The maximum Gasteiger partial charge on any atom is 0.423 e. The molecule has 0 spiro atoms. The van der Waals surface area contributed by atoms with E-state index in [1.54, 1.807) is 0 Å². The molecule has 1 unspecified atom stereocenters. The van der Waals surface area contributed by atoms with E-state index >= 15 is 0 Å². The largest absolute Gasteiger partial charge is 0.423 e. The first kappa shape index (κ1) is 11.5. The number of primary amides is 1. The van der Waals surface area contributed by atoms with Gasteiger partial charge in [-0.25, -0.2) is 4.39 Å². The van der Waals surface area contributed by atoms with Gasteiger partial charge < -0.3 is 5.73 Å². The van der Waals surface area contributed by atoms with E-state index in [9.17, 15) is 22.4 Å². The summed E-state index contributed by atoms with van der Waals surface area (Å²) in [5, 5.41) is 0. The lowest BCUT2D eigenvalue weighted by atomic mass is 10.1. The molecule has 6 heteroatoms. The van der Waals surface area contributed by atoms with E-state index in [1.165, 1.54) is 0 Å². The van der Waals surface area contributed by atoms with Gasteiger partial charge in [0.25, 0.3) is 0 Å². The predicted octanol–water partition coefficient (Wildman–Crippen LogP) is 2.36. The van der Waals surface area contributed by atoms with Crippen molar-refractivity contribution in [2.45, 2.75) is 12.3 Å². The van der Waals surface area contributed by atoms with Crippen LogP contribution in [0.2, 0.25) is 0 Å². The minimum atomic E-state index is -4.94. The summed E-state index contributed by atoms with van der Waals surface area (Å²) in [5.41, 5.74) is 4.36. The average Bonchev–Trinajstić information content (AvgIpc) is 2.15. The van der Waals surface area contributed by atoms with Crippen LogP contribution in [0.5, 0.6) is 0 Å². The summed E-state index contributed by atoms with van der Waals surface area (Å²) in [6.07, 6.45) is -7.98. The number of nitrogens with two attached hydrogens (primary N) is 1. The molecule has 1 aromatic rings. The number of carbonyl (C=O) groups excluding carboxylic acids is 1. The molecule has 2 N–H and O–H groups in total.